The molecule has 0 aliphatic carbocycles. The number of hydrogen-bond donors (Lipinski definition) is 8. The van der Waals surface area contributed by atoms with Gasteiger partial charge in [-0.25, -0.2) is 9.18 Å². The van der Waals surface area contributed by atoms with Gasteiger partial charge in [-0.1, -0.05) is 12.1 Å². The summed E-state index contributed by atoms with van der Waals surface area (Å²) in [5.41, 5.74) is 1.27. The number of ether oxygens (including phenoxy) is 3. The van der Waals surface area contributed by atoms with E-state index in [4.69, 9.17) is 14.2 Å². The number of carbonyl (C=O) groups is 6. The van der Waals surface area contributed by atoms with E-state index >= 15 is 0 Å². The van der Waals surface area contributed by atoms with Crippen molar-refractivity contribution in [1.29, 1.82) is 0 Å². The first-order valence-electron chi connectivity index (χ1n) is 17.9. The van der Waals surface area contributed by atoms with Gasteiger partial charge in [0.1, 0.15) is 11.4 Å². The van der Waals surface area contributed by atoms with Crippen LogP contribution in [0.25, 0.3) is 5.57 Å². The average molecular weight is 836 g/mol. The fraction of sp³-hybridized carbons (Fsp3) is 0.116. The molecule has 0 aliphatic heterocycles. The monoisotopic (exact) mass is 835 g/mol. The predicted octanol–water partition coefficient (Wildman–Crippen LogP) is 5.84. The third kappa shape index (κ3) is 10.4. The number of aromatic carboxylic acids is 1. The number of carboxylic acids is 1. The lowest BCUT2D eigenvalue weighted by Crippen LogP contribution is -2.32. The fourth-order valence-corrected chi connectivity index (χ4v) is 5.80. The minimum Gasteiger partial charge on any atom is -0.504 e. The number of benzene rings is 5. The highest BCUT2D eigenvalue weighted by Crippen LogP contribution is 2.40. The van der Waals surface area contributed by atoms with Gasteiger partial charge in [0.25, 0.3) is 23.6 Å². The number of anilines is 4. The van der Waals surface area contributed by atoms with E-state index in [1.807, 2.05) is 0 Å². The lowest BCUT2D eigenvalue weighted by molar-refractivity contribution is -0.116. The van der Waals surface area contributed by atoms with Crippen LogP contribution in [-0.2, 0) is 14.3 Å². The molecule has 61 heavy (non-hydrogen) atoms. The molecule has 0 bridgehead atoms. The summed E-state index contributed by atoms with van der Waals surface area (Å²) in [5, 5.41) is 43.2. The molecule has 0 aromatic heterocycles. The van der Waals surface area contributed by atoms with Gasteiger partial charge in [0.05, 0.1) is 44.8 Å². The van der Waals surface area contributed by atoms with E-state index in [0.29, 0.717) is 22.5 Å². The quantitative estimate of drug-likeness (QED) is 0.0458. The van der Waals surface area contributed by atoms with Gasteiger partial charge in [0, 0.05) is 28.1 Å². The molecule has 5 aromatic rings. The van der Waals surface area contributed by atoms with Crippen LogP contribution < -0.4 is 36.1 Å². The highest BCUT2D eigenvalue weighted by atomic mass is 19.1. The number of carboxylic acid groups (broad SMARTS) is 1. The lowest BCUT2D eigenvalue weighted by Gasteiger charge is -2.16. The molecule has 0 aliphatic rings. The average Bonchev–Trinajstić information content (AvgIpc) is 3.23. The van der Waals surface area contributed by atoms with Crippen LogP contribution in [0.15, 0.2) is 103 Å². The van der Waals surface area contributed by atoms with Gasteiger partial charge < -0.3 is 56.1 Å². The zero-order valence-corrected chi connectivity index (χ0v) is 32.8. The molecule has 17 nitrogen and oxygen atoms in total. The van der Waals surface area contributed by atoms with Crippen molar-refractivity contribution in [2.45, 2.75) is 6.92 Å². The second kappa shape index (κ2) is 19.4. The molecule has 0 radical (unpaired) electrons. The number of amides is 5. The SMILES string of the molecule is CO/C(C(=O)Nc1ccc(C(=O)NCC(=O)Nc2ccc(C(=O)Nc3ccc(C(=O)Nc4ccc(C(=O)O)c(O)c4OC)c(O)c3OC)cc2)cc1)=C(/C)c1ccc(F)cc1. The molecular formula is C43H38FN5O12. The number of methoxy groups -OCH3 is 3. The van der Waals surface area contributed by atoms with Crippen molar-refractivity contribution in [2.75, 3.05) is 49.1 Å². The van der Waals surface area contributed by atoms with Crippen LogP contribution in [0.4, 0.5) is 27.1 Å². The number of allylic oxidation sites excluding steroid dienone is 1. The van der Waals surface area contributed by atoms with E-state index in [-0.39, 0.29) is 45.3 Å². The Morgan fingerprint density at radius 1 is 0.574 bits per heavy atom. The molecule has 5 amide bonds. The minimum atomic E-state index is -1.42. The Morgan fingerprint density at radius 3 is 1.57 bits per heavy atom. The number of halogens is 1. The van der Waals surface area contributed by atoms with E-state index < -0.39 is 64.9 Å². The van der Waals surface area contributed by atoms with E-state index in [9.17, 15) is 48.5 Å². The zero-order valence-electron chi connectivity index (χ0n) is 32.8. The van der Waals surface area contributed by atoms with Gasteiger partial charge in [-0.3, -0.25) is 24.0 Å². The summed E-state index contributed by atoms with van der Waals surface area (Å²) in [7, 11) is 3.70. The van der Waals surface area contributed by atoms with E-state index in [1.54, 1.807) is 6.92 Å². The standard InChI is InChI=1S/C43H38FN5O12/c1-22(23-5-11-26(44)12-6-23)36(59-2)42(56)47-28-15-7-24(8-16-28)39(53)45-21-33(50)46-27-13-9-25(10-14-27)40(54)48-31-19-17-29(34(51)37(31)60-3)41(55)49-32-20-18-30(43(57)58)35(52)38(32)61-4/h5-20,51-52H,21H2,1-4H3,(H,45,53)(H,46,50)(H,47,56)(H,48,54)(H,49,55)(H,57,58)/b36-22-. The third-order valence-corrected chi connectivity index (χ3v) is 8.92. The van der Waals surface area contributed by atoms with Crippen molar-refractivity contribution in [2.24, 2.45) is 0 Å². The van der Waals surface area contributed by atoms with Crippen molar-refractivity contribution in [3.8, 4) is 23.0 Å². The largest absolute Gasteiger partial charge is 0.504 e. The van der Waals surface area contributed by atoms with Crippen LogP contribution in [0.5, 0.6) is 23.0 Å². The maximum Gasteiger partial charge on any atom is 0.339 e. The van der Waals surface area contributed by atoms with Crippen molar-refractivity contribution < 1.29 is 62.7 Å². The Labute approximate surface area is 346 Å². The maximum atomic E-state index is 13.3. The zero-order chi connectivity index (χ0) is 44.4. The number of phenolic OH excluding ortho intramolecular Hbond substituents is 1. The molecule has 0 heterocycles. The number of carbonyl (C=O) groups excluding carboxylic acids is 5. The second-order valence-corrected chi connectivity index (χ2v) is 12.8. The van der Waals surface area contributed by atoms with E-state index in [2.05, 4.69) is 26.6 Å². The van der Waals surface area contributed by atoms with Crippen LogP contribution >= 0.6 is 0 Å². The summed E-state index contributed by atoms with van der Waals surface area (Å²) in [5.74, 6) is -6.96. The topological polar surface area (TPSA) is 251 Å². The maximum absolute atomic E-state index is 13.3. The summed E-state index contributed by atoms with van der Waals surface area (Å²) >= 11 is 0. The summed E-state index contributed by atoms with van der Waals surface area (Å²) < 4.78 is 28.9. The number of phenols is 2. The first-order valence-corrected chi connectivity index (χ1v) is 17.9. The van der Waals surface area contributed by atoms with Crippen LogP contribution in [0.1, 0.15) is 53.9 Å². The van der Waals surface area contributed by atoms with Gasteiger partial charge in [-0.05, 0) is 97.4 Å². The van der Waals surface area contributed by atoms with Crippen molar-refractivity contribution >= 4 is 63.8 Å². The normalized spacial score (nSPS) is 11.0. The molecule has 0 spiro atoms. The molecule has 0 saturated heterocycles. The molecule has 0 atom stereocenters. The van der Waals surface area contributed by atoms with Crippen molar-refractivity contribution in [3.05, 3.63) is 136 Å². The molecule has 5 rings (SSSR count). The number of nitrogens with one attached hydrogen (secondary N) is 5. The first kappa shape index (κ1) is 43.7. The highest BCUT2D eigenvalue weighted by molar-refractivity contribution is 6.11. The van der Waals surface area contributed by atoms with Crippen LogP contribution in [0, 0.1) is 5.82 Å². The molecule has 314 valence electrons. The van der Waals surface area contributed by atoms with E-state index in [1.165, 1.54) is 105 Å². The van der Waals surface area contributed by atoms with Gasteiger partial charge >= 0.3 is 5.97 Å². The Kier molecular flexibility index (Phi) is 13.9. The van der Waals surface area contributed by atoms with Crippen LogP contribution in [0.3, 0.4) is 0 Å². The number of rotatable bonds is 15. The van der Waals surface area contributed by atoms with Crippen molar-refractivity contribution in [1.82, 2.24) is 5.32 Å². The van der Waals surface area contributed by atoms with Crippen LogP contribution in [-0.4, -0.2) is 78.7 Å². The van der Waals surface area contributed by atoms with Gasteiger partial charge in [0.15, 0.2) is 28.8 Å². The van der Waals surface area contributed by atoms with Crippen molar-refractivity contribution in [3.63, 3.8) is 0 Å². The summed E-state index contributed by atoms with van der Waals surface area (Å²) in [4.78, 5) is 75.8. The Balaban J connectivity index is 1.13. The molecule has 18 heteroatoms. The lowest BCUT2D eigenvalue weighted by atomic mass is 10.1. The smallest absolute Gasteiger partial charge is 0.339 e. The first-order chi connectivity index (χ1) is 29.1. The number of hydrogen-bond acceptors (Lipinski definition) is 11. The summed E-state index contributed by atoms with van der Waals surface area (Å²) in [6, 6.07) is 22.0. The summed E-state index contributed by atoms with van der Waals surface area (Å²) in [6.45, 7) is 1.27. The molecule has 5 aromatic carbocycles. The molecule has 0 saturated carbocycles. The fourth-order valence-electron chi connectivity index (χ4n) is 5.80. The van der Waals surface area contributed by atoms with Gasteiger partial charge in [-0.2, -0.15) is 0 Å². The van der Waals surface area contributed by atoms with Gasteiger partial charge in [0.2, 0.25) is 5.91 Å². The molecular weight excluding hydrogens is 797 g/mol. The number of aromatic hydroxyl groups is 2. The highest BCUT2D eigenvalue weighted by Gasteiger charge is 2.24. The van der Waals surface area contributed by atoms with Gasteiger partial charge in [-0.15, -0.1) is 0 Å². The third-order valence-electron chi connectivity index (χ3n) is 8.92. The molecule has 0 unspecified atom stereocenters. The Bertz CT molecular complexity index is 2540. The van der Waals surface area contributed by atoms with Crippen LogP contribution in [0.2, 0.25) is 0 Å². The molecule has 8 N–H and O–H groups in total. The summed E-state index contributed by atoms with van der Waals surface area (Å²) in [6.07, 6.45) is 0. The second-order valence-electron chi connectivity index (χ2n) is 12.8. The Hall–Kier alpha value is -8.41. The molecule has 0 fully saturated rings. The predicted molar refractivity (Wildman–Crippen MR) is 221 cm³/mol. The minimum absolute atomic E-state index is 0.00100. The van der Waals surface area contributed by atoms with E-state index in [0.717, 1.165) is 13.2 Å². The Morgan fingerprint density at radius 2 is 1.05 bits per heavy atom.